The molecule has 37 heavy (non-hydrogen) atoms. The molecule has 0 bridgehead atoms. The summed E-state index contributed by atoms with van der Waals surface area (Å²) < 4.78 is 49.6. The van der Waals surface area contributed by atoms with E-state index in [1.807, 2.05) is 30.4 Å². The van der Waals surface area contributed by atoms with Crippen LogP contribution in [-0.2, 0) is 16.1 Å². The molecule has 1 unspecified atom stereocenters. The van der Waals surface area contributed by atoms with Gasteiger partial charge in [-0.3, -0.25) is 9.59 Å². The number of anilines is 1. The first-order valence-corrected chi connectivity index (χ1v) is 12.4. The standard InChI is InChI=1S/C27H30F3N3O4/c1-3-18-15-24(34)33(16-17-7-6-8-20(13-17)31-26(35)27(28,29)30)32-25(18)19-11-12-22(36-2)23(14-19)37-21-9-4-5-10-21/h6-8,11-14,18,21H,3-5,9-10,15-16H2,1-2H3,(H,31,35). The summed E-state index contributed by atoms with van der Waals surface area (Å²) in [5, 5.41) is 7.84. The largest absolute Gasteiger partial charge is 0.493 e. The van der Waals surface area contributed by atoms with Crippen molar-refractivity contribution in [3.05, 3.63) is 53.6 Å². The number of nitrogens with one attached hydrogen (secondary N) is 1. The summed E-state index contributed by atoms with van der Waals surface area (Å²) in [5.41, 5.74) is 2.09. The molecule has 4 rings (SSSR count). The van der Waals surface area contributed by atoms with Crippen LogP contribution >= 0.6 is 0 Å². The number of methoxy groups -OCH3 is 1. The normalized spacial score (nSPS) is 18.5. The molecule has 1 saturated carbocycles. The molecule has 1 fully saturated rings. The zero-order valence-electron chi connectivity index (χ0n) is 20.8. The second kappa shape index (κ2) is 11.2. The maximum Gasteiger partial charge on any atom is 0.471 e. The molecule has 10 heteroatoms. The van der Waals surface area contributed by atoms with Gasteiger partial charge in [-0.05, 0) is 68.0 Å². The van der Waals surface area contributed by atoms with Crippen molar-refractivity contribution in [2.24, 2.45) is 11.0 Å². The van der Waals surface area contributed by atoms with Gasteiger partial charge in [-0.1, -0.05) is 19.1 Å². The number of carbonyl (C=O) groups is 2. The fraction of sp³-hybridized carbons (Fsp3) is 0.444. The second-order valence-corrected chi connectivity index (χ2v) is 9.29. The molecule has 1 heterocycles. The van der Waals surface area contributed by atoms with Crippen LogP contribution in [0.1, 0.15) is 56.6 Å². The van der Waals surface area contributed by atoms with Gasteiger partial charge in [0.25, 0.3) is 0 Å². The molecule has 2 amide bonds. The van der Waals surface area contributed by atoms with E-state index >= 15 is 0 Å². The van der Waals surface area contributed by atoms with Crippen LogP contribution in [0.5, 0.6) is 11.5 Å². The molecule has 0 aromatic heterocycles. The predicted molar refractivity (Wildman–Crippen MR) is 132 cm³/mol. The highest BCUT2D eigenvalue weighted by molar-refractivity contribution is 6.06. The Hall–Kier alpha value is -3.56. The maximum atomic E-state index is 12.9. The first kappa shape index (κ1) is 26.5. The van der Waals surface area contributed by atoms with Gasteiger partial charge in [-0.2, -0.15) is 18.3 Å². The number of benzene rings is 2. The van der Waals surface area contributed by atoms with Gasteiger partial charge in [0.15, 0.2) is 11.5 Å². The molecule has 0 saturated heterocycles. The molecular weight excluding hydrogens is 487 g/mol. The summed E-state index contributed by atoms with van der Waals surface area (Å²) in [6.45, 7) is 2.05. The van der Waals surface area contributed by atoms with Crippen LogP contribution < -0.4 is 14.8 Å². The topological polar surface area (TPSA) is 80.2 Å². The molecule has 2 aliphatic rings. The average molecular weight is 518 g/mol. The minimum Gasteiger partial charge on any atom is -0.493 e. The van der Waals surface area contributed by atoms with Gasteiger partial charge in [-0.25, -0.2) is 5.01 Å². The lowest BCUT2D eigenvalue weighted by Crippen LogP contribution is -2.36. The molecule has 1 N–H and O–H groups in total. The maximum absolute atomic E-state index is 12.9. The first-order valence-electron chi connectivity index (χ1n) is 12.4. The zero-order valence-corrected chi connectivity index (χ0v) is 20.8. The van der Waals surface area contributed by atoms with E-state index in [-0.39, 0.29) is 36.6 Å². The van der Waals surface area contributed by atoms with E-state index in [9.17, 15) is 22.8 Å². The Morgan fingerprint density at radius 1 is 1.14 bits per heavy atom. The van der Waals surface area contributed by atoms with E-state index in [0.717, 1.165) is 37.0 Å². The van der Waals surface area contributed by atoms with Crippen molar-refractivity contribution < 1.29 is 32.2 Å². The number of hydrazone groups is 1. The van der Waals surface area contributed by atoms with Crippen molar-refractivity contribution in [2.75, 3.05) is 12.4 Å². The van der Waals surface area contributed by atoms with Crippen LogP contribution in [-0.4, -0.2) is 41.9 Å². The van der Waals surface area contributed by atoms with Crippen LogP contribution in [0.15, 0.2) is 47.6 Å². The predicted octanol–water partition coefficient (Wildman–Crippen LogP) is 5.68. The highest BCUT2D eigenvalue weighted by Gasteiger charge is 2.38. The Balaban J connectivity index is 1.59. The number of alkyl halides is 3. The molecular formula is C27H30F3N3O4. The number of ether oxygens (including phenoxy) is 2. The molecule has 0 radical (unpaired) electrons. The Morgan fingerprint density at radius 2 is 1.89 bits per heavy atom. The highest BCUT2D eigenvalue weighted by Crippen LogP contribution is 2.35. The number of hydrogen-bond acceptors (Lipinski definition) is 5. The number of amides is 2. The number of halogens is 3. The lowest BCUT2D eigenvalue weighted by atomic mass is 9.89. The highest BCUT2D eigenvalue weighted by atomic mass is 19.4. The van der Waals surface area contributed by atoms with Gasteiger partial charge >= 0.3 is 12.1 Å². The first-order chi connectivity index (χ1) is 17.7. The fourth-order valence-electron chi connectivity index (χ4n) is 4.67. The number of nitrogens with zero attached hydrogens (tertiary/aromatic N) is 2. The third kappa shape index (κ3) is 6.42. The molecule has 7 nitrogen and oxygen atoms in total. The molecule has 2 aromatic carbocycles. The fourth-order valence-corrected chi connectivity index (χ4v) is 4.67. The zero-order chi connectivity index (χ0) is 26.6. The molecule has 198 valence electrons. The number of carbonyl (C=O) groups excluding carboxylic acids is 2. The lowest BCUT2D eigenvalue weighted by molar-refractivity contribution is -0.167. The van der Waals surface area contributed by atoms with Crippen molar-refractivity contribution in [1.29, 1.82) is 0 Å². The van der Waals surface area contributed by atoms with Crippen LogP contribution in [0.4, 0.5) is 18.9 Å². The van der Waals surface area contributed by atoms with Crippen LogP contribution in [0.2, 0.25) is 0 Å². The minimum atomic E-state index is -4.99. The summed E-state index contributed by atoms with van der Waals surface area (Å²) in [6.07, 6.45) is 0.374. The van der Waals surface area contributed by atoms with Gasteiger partial charge < -0.3 is 14.8 Å². The van der Waals surface area contributed by atoms with Gasteiger partial charge in [-0.15, -0.1) is 0 Å². The van der Waals surface area contributed by atoms with Crippen LogP contribution in [0, 0.1) is 5.92 Å². The van der Waals surface area contributed by atoms with Crippen molar-refractivity contribution >= 4 is 23.2 Å². The molecule has 2 aromatic rings. The summed E-state index contributed by atoms with van der Waals surface area (Å²) in [4.78, 5) is 24.2. The van der Waals surface area contributed by atoms with Gasteiger partial charge in [0.05, 0.1) is 25.5 Å². The monoisotopic (exact) mass is 517 g/mol. The third-order valence-electron chi connectivity index (χ3n) is 6.65. The Kier molecular flexibility index (Phi) is 8.04. The van der Waals surface area contributed by atoms with Gasteiger partial charge in [0.1, 0.15) is 0 Å². The van der Waals surface area contributed by atoms with Crippen LogP contribution in [0.25, 0.3) is 0 Å². The number of rotatable bonds is 8. The summed E-state index contributed by atoms with van der Waals surface area (Å²) in [6, 6.07) is 11.6. The Labute approximate surface area is 213 Å². The van der Waals surface area contributed by atoms with Crippen molar-refractivity contribution in [2.45, 2.75) is 64.3 Å². The molecule has 0 spiro atoms. The van der Waals surface area contributed by atoms with Gasteiger partial charge in [0, 0.05) is 23.6 Å². The van der Waals surface area contributed by atoms with E-state index in [0.29, 0.717) is 23.5 Å². The quantitative estimate of drug-likeness (QED) is 0.489. The van der Waals surface area contributed by atoms with E-state index in [1.165, 1.54) is 23.2 Å². The molecule has 1 aliphatic heterocycles. The summed E-state index contributed by atoms with van der Waals surface area (Å²) >= 11 is 0. The summed E-state index contributed by atoms with van der Waals surface area (Å²) in [5.74, 6) is -1.06. The van der Waals surface area contributed by atoms with Crippen molar-refractivity contribution in [3.8, 4) is 11.5 Å². The SMILES string of the molecule is CCC1CC(=O)N(Cc2cccc(NC(=O)C(F)(F)F)c2)N=C1c1ccc(OC)c(OC2CCCC2)c1. The minimum absolute atomic E-state index is 0.0104. The van der Waals surface area contributed by atoms with E-state index in [1.54, 1.807) is 13.2 Å². The molecule has 1 aliphatic carbocycles. The van der Waals surface area contributed by atoms with Gasteiger partial charge in [0.2, 0.25) is 5.91 Å². The van der Waals surface area contributed by atoms with Crippen molar-refractivity contribution in [1.82, 2.24) is 5.01 Å². The number of hydrogen-bond donors (Lipinski definition) is 1. The average Bonchev–Trinajstić information content (AvgIpc) is 3.38. The lowest BCUT2D eigenvalue weighted by Gasteiger charge is -2.29. The van der Waals surface area contributed by atoms with Crippen LogP contribution in [0.3, 0.4) is 0 Å². The second-order valence-electron chi connectivity index (χ2n) is 9.29. The Morgan fingerprint density at radius 3 is 2.57 bits per heavy atom. The third-order valence-corrected chi connectivity index (χ3v) is 6.65. The molecule has 1 atom stereocenters. The van der Waals surface area contributed by atoms with E-state index in [4.69, 9.17) is 9.47 Å². The smallest absolute Gasteiger partial charge is 0.471 e. The van der Waals surface area contributed by atoms with E-state index in [2.05, 4.69) is 5.10 Å². The van der Waals surface area contributed by atoms with E-state index < -0.39 is 12.1 Å². The Bertz CT molecular complexity index is 1180. The van der Waals surface area contributed by atoms with Crippen molar-refractivity contribution in [3.63, 3.8) is 0 Å². The summed E-state index contributed by atoms with van der Waals surface area (Å²) in [7, 11) is 1.59.